The summed E-state index contributed by atoms with van der Waals surface area (Å²) >= 11 is 12.0. The van der Waals surface area contributed by atoms with Gasteiger partial charge in [-0.25, -0.2) is 16.8 Å². The minimum atomic E-state index is -4.13. The van der Waals surface area contributed by atoms with Crippen LogP contribution in [-0.4, -0.2) is 29.3 Å². The Kier molecular flexibility index (Phi) is 8.98. The van der Waals surface area contributed by atoms with Crippen LogP contribution in [0.3, 0.4) is 0 Å². The molecule has 1 amide bonds. The molecule has 41 heavy (non-hydrogen) atoms. The fourth-order valence-electron chi connectivity index (χ4n) is 3.85. The molecule has 214 valence electrons. The maximum atomic E-state index is 13.6. The first-order chi connectivity index (χ1) is 19.3. The van der Waals surface area contributed by atoms with Gasteiger partial charge >= 0.3 is 0 Å². The number of nitrogens with one attached hydrogen (secondary N) is 2. The summed E-state index contributed by atoms with van der Waals surface area (Å²) in [6.45, 7) is 5.04. The quantitative estimate of drug-likeness (QED) is 0.217. The number of carbonyl (C=O) groups excluding carboxylic acids is 1. The van der Waals surface area contributed by atoms with Gasteiger partial charge in [0.25, 0.3) is 20.0 Å². The molecule has 0 radical (unpaired) electrons. The number of hydrogen-bond donors (Lipinski definition) is 2. The molecule has 4 rings (SSSR count). The third-order valence-corrected chi connectivity index (χ3v) is 10.2. The Morgan fingerprint density at radius 1 is 0.707 bits per heavy atom. The van der Waals surface area contributed by atoms with Crippen molar-refractivity contribution in [2.75, 3.05) is 20.9 Å². The van der Waals surface area contributed by atoms with Crippen LogP contribution >= 0.6 is 23.2 Å². The van der Waals surface area contributed by atoms with Crippen molar-refractivity contribution in [3.05, 3.63) is 112 Å². The topological polar surface area (TPSA) is 113 Å². The standard InChI is InChI=1S/C29H27Cl2N3O5S2/c1-19-5-11-25(16-21(19)3)34(41(38,39)27-12-6-22(30)7-13-27)18-29(35)32-23-9-14-26(15-10-23)40(36,37)33-24-8-4-20(2)28(31)17-24/h4-17,33H,18H2,1-3H3,(H,32,35). The SMILES string of the molecule is Cc1ccc(N(CC(=O)Nc2ccc(S(=O)(=O)Nc3ccc(C)c(Cl)c3)cc2)S(=O)(=O)c2ccc(Cl)cc2)cc1C. The molecule has 0 aliphatic rings. The number of aryl methyl sites for hydroxylation is 3. The monoisotopic (exact) mass is 631 g/mol. The highest BCUT2D eigenvalue weighted by Gasteiger charge is 2.28. The molecule has 4 aromatic carbocycles. The number of amides is 1. The van der Waals surface area contributed by atoms with E-state index in [4.69, 9.17) is 23.2 Å². The predicted octanol–water partition coefficient (Wildman–Crippen LogP) is 6.55. The van der Waals surface area contributed by atoms with E-state index in [0.29, 0.717) is 21.4 Å². The summed E-state index contributed by atoms with van der Waals surface area (Å²) < 4.78 is 56.3. The minimum Gasteiger partial charge on any atom is -0.325 e. The number of anilines is 3. The van der Waals surface area contributed by atoms with E-state index in [-0.39, 0.29) is 15.5 Å². The second-order valence-corrected chi connectivity index (χ2v) is 13.8. The molecule has 12 heteroatoms. The number of benzene rings is 4. The third kappa shape index (κ3) is 7.20. The van der Waals surface area contributed by atoms with Crippen LogP contribution in [0.4, 0.5) is 17.1 Å². The van der Waals surface area contributed by atoms with Crippen LogP contribution in [0.1, 0.15) is 16.7 Å². The van der Waals surface area contributed by atoms with Crippen LogP contribution in [0.15, 0.2) is 94.7 Å². The molecule has 0 saturated heterocycles. The largest absolute Gasteiger partial charge is 0.325 e. The Labute approximate surface area is 250 Å². The molecule has 0 bridgehead atoms. The van der Waals surface area contributed by atoms with Crippen molar-refractivity contribution >= 4 is 66.2 Å². The Hall–Kier alpha value is -3.57. The van der Waals surface area contributed by atoms with E-state index in [2.05, 4.69) is 10.0 Å². The van der Waals surface area contributed by atoms with Crippen molar-refractivity contribution in [3.8, 4) is 0 Å². The normalized spacial score (nSPS) is 11.6. The number of carbonyl (C=O) groups is 1. The molecular formula is C29H27Cl2N3O5S2. The van der Waals surface area contributed by atoms with Crippen LogP contribution in [0.2, 0.25) is 10.0 Å². The van der Waals surface area contributed by atoms with Crippen molar-refractivity contribution in [1.29, 1.82) is 0 Å². The van der Waals surface area contributed by atoms with E-state index in [9.17, 15) is 21.6 Å². The highest BCUT2D eigenvalue weighted by Crippen LogP contribution is 2.27. The van der Waals surface area contributed by atoms with Crippen molar-refractivity contribution in [2.24, 2.45) is 0 Å². The van der Waals surface area contributed by atoms with Gasteiger partial charge in [-0.15, -0.1) is 0 Å². The first-order valence-corrected chi connectivity index (χ1v) is 16.0. The number of nitrogens with zero attached hydrogens (tertiary/aromatic N) is 1. The molecule has 0 aliphatic heterocycles. The van der Waals surface area contributed by atoms with E-state index in [0.717, 1.165) is 21.0 Å². The van der Waals surface area contributed by atoms with Crippen LogP contribution in [0.25, 0.3) is 0 Å². The van der Waals surface area contributed by atoms with Crippen molar-refractivity contribution in [1.82, 2.24) is 0 Å². The molecule has 4 aromatic rings. The van der Waals surface area contributed by atoms with E-state index >= 15 is 0 Å². The summed E-state index contributed by atoms with van der Waals surface area (Å²) in [4.78, 5) is 13.0. The molecule has 2 N–H and O–H groups in total. The average molecular weight is 633 g/mol. The van der Waals surface area contributed by atoms with E-state index in [1.165, 1.54) is 54.6 Å². The number of sulfonamides is 2. The second-order valence-electron chi connectivity index (χ2n) is 9.38. The van der Waals surface area contributed by atoms with Crippen molar-refractivity contribution < 1.29 is 21.6 Å². The third-order valence-electron chi connectivity index (χ3n) is 6.34. The summed E-state index contributed by atoms with van der Waals surface area (Å²) in [5, 5.41) is 3.45. The number of rotatable bonds is 9. The first-order valence-electron chi connectivity index (χ1n) is 12.3. The highest BCUT2D eigenvalue weighted by molar-refractivity contribution is 7.93. The maximum Gasteiger partial charge on any atom is 0.264 e. The van der Waals surface area contributed by atoms with Gasteiger partial charge in [0.15, 0.2) is 0 Å². The van der Waals surface area contributed by atoms with E-state index in [1.54, 1.807) is 30.3 Å². The molecule has 8 nitrogen and oxygen atoms in total. The van der Waals surface area contributed by atoms with Crippen LogP contribution < -0.4 is 14.3 Å². The average Bonchev–Trinajstić information content (AvgIpc) is 2.91. The highest BCUT2D eigenvalue weighted by atomic mass is 35.5. The molecule has 0 unspecified atom stereocenters. The lowest BCUT2D eigenvalue weighted by Gasteiger charge is -2.25. The van der Waals surface area contributed by atoms with Gasteiger partial charge in [0.05, 0.1) is 21.2 Å². The Morgan fingerprint density at radius 2 is 1.29 bits per heavy atom. The zero-order valence-corrected chi connectivity index (χ0v) is 25.5. The van der Waals surface area contributed by atoms with Gasteiger partial charge in [-0.1, -0.05) is 35.3 Å². The molecular weight excluding hydrogens is 605 g/mol. The molecule has 0 heterocycles. The van der Waals surface area contributed by atoms with Crippen LogP contribution in [0, 0.1) is 20.8 Å². The second kappa shape index (κ2) is 12.1. The first kappa shape index (κ1) is 30.4. The van der Waals surface area contributed by atoms with Crippen molar-refractivity contribution in [3.63, 3.8) is 0 Å². The molecule has 0 saturated carbocycles. The number of hydrogen-bond acceptors (Lipinski definition) is 5. The van der Waals surface area contributed by atoms with Gasteiger partial charge in [0, 0.05) is 15.7 Å². The van der Waals surface area contributed by atoms with E-state index in [1.807, 2.05) is 20.8 Å². The van der Waals surface area contributed by atoms with Gasteiger partial charge in [-0.3, -0.25) is 13.8 Å². The van der Waals surface area contributed by atoms with Gasteiger partial charge < -0.3 is 5.32 Å². The summed E-state index contributed by atoms with van der Waals surface area (Å²) in [6.07, 6.45) is 0. The summed E-state index contributed by atoms with van der Waals surface area (Å²) in [5.41, 5.74) is 3.56. The van der Waals surface area contributed by atoms with Crippen molar-refractivity contribution in [2.45, 2.75) is 30.6 Å². The Morgan fingerprint density at radius 3 is 1.90 bits per heavy atom. The zero-order chi connectivity index (χ0) is 29.9. The van der Waals surface area contributed by atoms with E-state index < -0.39 is 32.5 Å². The van der Waals surface area contributed by atoms with Crippen LogP contribution in [0.5, 0.6) is 0 Å². The Balaban J connectivity index is 1.54. The molecule has 0 spiro atoms. The molecule has 0 aliphatic carbocycles. The summed E-state index contributed by atoms with van der Waals surface area (Å²) in [6, 6.07) is 21.1. The van der Waals surface area contributed by atoms with Gasteiger partial charge in [-0.05, 0) is 110 Å². The Bertz CT molecular complexity index is 1810. The predicted molar refractivity (Wildman–Crippen MR) is 164 cm³/mol. The van der Waals surface area contributed by atoms with Gasteiger partial charge in [-0.2, -0.15) is 0 Å². The molecule has 0 fully saturated rings. The van der Waals surface area contributed by atoms with Gasteiger partial charge in [0.1, 0.15) is 6.54 Å². The van der Waals surface area contributed by atoms with Crippen LogP contribution in [-0.2, 0) is 24.8 Å². The lowest BCUT2D eigenvalue weighted by atomic mass is 10.1. The fourth-order valence-corrected chi connectivity index (χ4v) is 6.62. The fraction of sp³-hybridized carbons (Fsp3) is 0.138. The zero-order valence-electron chi connectivity index (χ0n) is 22.4. The summed E-state index contributed by atoms with van der Waals surface area (Å²) in [7, 11) is -8.05. The minimum absolute atomic E-state index is 0.0233. The lowest BCUT2D eigenvalue weighted by Crippen LogP contribution is -2.38. The smallest absolute Gasteiger partial charge is 0.264 e. The van der Waals surface area contributed by atoms with Gasteiger partial charge in [0.2, 0.25) is 5.91 Å². The lowest BCUT2D eigenvalue weighted by molar-refractivity contribution is -0.114. The maximum absolute atomic E-state index is 13.6. The molecule has 0 aromatic heterocycles. The number of halogens is 2. The summed E-state index contributed by atoms with van der Waals surface area (Å²) in [5.74, 6) is -0.621. The molecule has 0 atom stereocenters.